The maximum Gasteiger partial charge on any atom is 0.349 e. The predicted octanol–water partition coefficient (Wildman–Crippen LogP) is 2.64. The zero-order chi connectivity index (χ0) is 19.1. The average Bonchev–Trinajstić information content (AvgIpc) is 3.25. The third-order valence-corrected chi connectivity index (χ3v) is 4.49. The van der Waals surface area contributed by atoms with Crippen LogP contribution in [0.3, 0.4) is 0 Å². The Morgan fingerprint density at radius 2 is 2.00 bits per heavy atom. The number of carbonyl (C=O) groups excluding carboxylic acids is 1. The zero-order valence-electron chi connectivity index (χ0n) is 14.5. The van der Waals surface area contributed by atoms with Gasteiger partial charge in [-0.15, -0.1) is 0 Å². The lowest BCUT2D eigenvalue weighted by atomic mass is 10.2. The van der Waals surface area contributed by atoms with E-state index in [-0.39, 0.29) is 23.8 Å². The zero-order valence-corrected chi connectivity index (χ0v) is 14.5. The highest BCUT2D eigenvalue weighted by Crippen LogP contribution is 2.40. The van der Waals surface area contributed by atoms with E-state index in [1.165, 1.54) is 6.07 Å². The second-order valence-electron chi connectivity index (χ2n) is 6.57. The number of carbonyl (C=O) groups is 1. The molecular formula is C19H14N4O5. The molecule has 0 radical (unpaired) electrons. The molecule has 3 heterocycles. The third kappa shape index (κ3) is 3.07. The molecule has 9 nitrogen and oxygen atoms in total. The molecule has 5 rings (SSSR count). The van der Waals surface area contributed by atoms with Gasteiger partial charge in [-0.2, -0.15) is 4.98 Å². The molecule has 140 valence electrons. The van der Waals surface area contributed by atoms with Crippen molar-refractivity contribution in [2.75, 3.05) is 0 Å². The Bertz CT molecular complexity index is 1230. The second kappa shape index (κ2) is 6.45. The number of hydrogen-bond acceptors (Lipinski definition) is 8. The molecule has 0 spiro atoms. The Hall–Kier alpha value is -3.75. The van der Waals surface area contributed by atoms with E-state index >= 15 is 0 Å². The largest absolute Gasteiger partial charge is 0.422 e. The summed E-state index contributed by atoms with van der Waals surface area (Å²) in [6.45, 7) is -0.0363. The second-order valence-corrected chi connectivity index (χ2v) is 6.57. The molecule has 1 N–H and O–H groups in total. The molecule has 0 unspecified atom stereocenters. The number of nitrogens with zero attached hydrogens (tertiary/aromatic N) is 3. The molecule has 0 bridgehead atoms. The molecule has 0 saturated heterocycles. The Kier molecular flexibility index (Phi) is 3.78. The summed E-state index contributed by atoms with van der Waals surface area (Å²) in [5.41, 5.74) is 0.101. The van der Waals surface area contributed by atoms with E-state index in [9.17, 15) is 9.59 Å². The molecule has 28 heavy (non-hydrogen) atoms. The molecule has 1 aliphatic carbocycles. The van der Waals surface area contributed by atoms with Crippen LogP contribution in [0.15, 0.2) is 54.7 Å². The van der Waals surface area contributed by atoms with Crippen LogP contribution >= 0.6 is 0 Å². The topological polar surface area (TPSA) is 124 Å². The van der Waals surface area contributed by atoms with Crippen LogP contribution in [0.5, 0.6) is 0 Å². The van der Waals surface area contributed by atoms with Gasteiger partial charge >= 0.3 is 5.63 Å². The Balaban J connectivity index is 1.29. The monoisotopic (exact) mass is 378 g/mol. The van der Waals surface area contributed by atoms with E-state index in [4.69, 9.17) is 13.5 Å². The molecule has 1 amide bonds. The minimum absolute atomic E-state index is 0.0363. The van der Waals surface area contributed by atoms with Gasteiger partial charge in [-0.3, -0.25) is 4.79 Å². The Morgan fingerprint density at radius 1 is 1.14 bits per heavy atom. The average molecular weight is 378 g/mol. The molecule has 1 saturated carbocycles. The fraction of sp³-hybridized carbons (Fsp3) is 0.211. The van der Waals surface area contributed by atoms with Crippen molar-refractivity contribution in [1.29, 1.82) is 0 Å². The number of para-hydroxylation sites is 1. The lowest BCUT2D eigenvalue weighted by molar-refractivity contribution is 0.0942. The molecule has 0 aliphatic heterocycles. The van der Waals surface area contributed by atoms with Crippen molar-refractivity contribution in [3.8, 4) is 11.5 Å². The van der Waals surface area contributed by atoms with Crippen LogP contribution in [0.1, 0.15) is 40.8 Å². The molecule has 1 fully saturated rings. The van der Waals surface area contributed by atoms with Crippen LogP contribution in [-0.2, 0) is 6.54 Å². The molecule has 1 aliphatic rings. The Morgan fingerprint density at radius 3 is 2.86 bits per heavy atom. The van der Waals surface area contributed by atoms with Crippen molar-refractivity contribution in [2.24, 2.45) is 0 Å². The summed E-state index contributed by atoms with van der Waals surface area (Å²) in [4.78, 5) is 28.6. The van der Waals surface area contributed by atoms with Crippen LogP contribution in [-0.4, -0.2) is 21.2 Å². The quantitative estimate of drug-likeness (QED) is 0.526. The number of amides is 1. The Labute approximate surface area is 157 Å². The third-order valence-electron chi connectivity index (χ3n) is 4.49. The molecule has 4 aromatic rings. The molecule has 3 aromatic heterocycles. The maximum atomic E-state index is 12.4. The van der Waals surface area contributed by atoms with Crippen LogP contribution in [0, 0.1) is 0 Å². The van der Waals surface area contributed by atoms with Crippen molar-refractivity contribution in [1.82, 2.24) is 20.6 Å². The number of aromatic nitrogens is 3. The first-order valence-corrected chi connectivity index (χ1v) is 8.78. The van der Waals surface area contributed by atoms with Crippen molar-refractivity contribution in [2.45, 2.75) is 25.3 Å². The van der Waals surface area contributed by atoms with Crippen LogP contribution in [0.25, 0.3) is 22.5 Å². The molecular weight excluding hydrogens is 364 g/mol. The van der Waals surface area contributed by atoms with Crippen molar-refractivity contribution >= 4 is 16.9 Å². The summed E-state index contributed by atoms with van der Waals surface area (Å²) in [6, 6.07) is 10.3. The van der Waals surface area contributed by atoms with Crippen molar-refractivity contribution in [3.63, 3.8) is 0 Å². The van der Waals surface area contributed by atoms with Crippen LogP contribution in [0.4, 0.5) is 0 Å². The minimum atomic E-state index is -0.711. The highest BCUT2D eigenvalue weighted by Gasteiger charge is 2.28. The summed E-state index contributed by atoms with van der Waals surface area (Å²) in [5.74, 6) is 1.13. The number of nitrogens with one attached hydrogen (secondary N) is 1. The first-order valence-electron chi connectivity index (χ1n) is 8.78. The number of fused-ring (bicyclic) bond motifs is 1. The van der Waals surface area contributed by atoms with Gasteiger partial charge in [0, 0.05) is 17.4 Å². The van der Waals surface area contributed by atoms with Gasteiger partial charge in [-0.25, -0.2) is 4.79 Å². The van der Waals surface area contributed by atoms with Gasteiger partial charge in [-0.05, 0) is 25.0 Å². The highest BCUT2D eigenvalue weighted by atomic mass is 16.5. The summed E-state index contributed by atoms with van der Waals surface area (Å²) in [7, 11) is 0. The normalized spacial score (nSPS) is 13.7. The predicted molar refractivity (Wildman–Crippen MR) is 95.4 cm³/mol. The van der Waals surface area contributed by atoms with Gasteiger partial charge < -0.3 is 18.8 Å². The van der Waals surface area contributed by atoms with E-state index in [1.54, 1.807) is 30.3 Å². The van der Waals surface area contributed by atoms with Crippen molar-refractivity contribution < 1.29 is 18.3 Å². The standard InChI is InChI=1S/C19H14N4O5/c24-18(12-7-11-3-1-2-4-14(11)26-19(12)25)20-9-16-21-17(23-28-16)13-8-15(27-22-13)10-5-6-10/h1-4,7-8,10H,5-6,9H2,(H,20,24). The maximum absolute atomic E-state index is 12.4. The van der Waals surface area contributed by atoms with Gasteiger partial charge in [-0.1, -0.05) is 28.5 Å². The van der Waals surface area contributed by atoms with Gasteiger partial charge in [0.2, 0.25) is 11.7 Å². The van der Waals surface area contributed by atoms with Gasteiger partial charge in [0.05, 0.1) is 6.54 Å². The first kappa shape index (κ1) is 16.4. The summed E-state index contributed by atoms with van der Waals surface area (Å²) < 4.78 is 15.6. The molecule has 9 heteroatoms. The fourth-order valence-corrected chi connectivity index (χ4v) is 2.86. The van der Waals surface area contributed by atoms with E-state index in [0.29, 0.717) is 22.6 Å². The van der Waals surface area contributed by atoms with Gasteiger partial charge in [0.25, 0.3) is 5.91 Å². The molecule has 1 aromatic carbocycles. The number of hydrogen-bond donors (Lipinski definition) is 1. The number of benzene rings is 1. The smallest absolute Gasteiger partial charge is 0.349 e. The van der Waals surface area contributed by atoms with E-state index < -0.39 is 11.5 Å². The van der Waals surface area contributed by atoms with E-state index in [2.05, 4.69) is 20.6 Å². The fourth-order valence-electron chi connectivity index (χ4n) is 2.86. The van der Waals surface area contributed by atoms with Gasteiger partial charge in [0.1, 0.15) is 16.9 Å². The van der Waals surface area contributed by atoms with Crippen molar-refractivity contribution in [3.05, 3.63) is 64.0 Å². The lowest BCUT2D eigenvalue weighted by Crippen LogP contribution is -2.27. The summed E-state index contributed by atoms with van der Waals surface area (Å²) >= 11 is 0. The highest BCUT2D eigenvalue weighted by molar-refractivity contribution is 5.96. The molecule has 0 atom stereocenters. The van der Waals surface area contributed by atoms with Crippen LogP contribution in [0.2, 0.25) is 0 Å². The number of rotatable bonds is 5. The van der Waals surface area contributed by atoms with Gasteiger partial charge in [0.15, 0.2) is 5.69 Å². The summed E-state index contributed by atoms with van der Waals surface area (Å²) in [5, 5.41) is 11.0. The minimum Gasteiger partial charge on any atom is -0.422 e. The van der Waals surface area contributed by atoms with E-state index in [0.717, 1.165) is 18.6 Å². The SMILES string of the molecule is O=C(NCc1nc(-c2cc(C3CC3)on2)no1)c1cc2ccccc2oc1=O. The van der Waals surface area contributed by atoms with E-state index in [1.807, 2.05) is 0 Å². The first-order chi connectivity index (χ1) is 13.7. The lowest BCUT2D eigenvalue weighted by Gasteiger charge is -2.02. The summed E-state index contributed by atoms with van der Waals surface area (Å²) in [6.07, 6.45) is 2.20. The van der Waals surface area contributed by atoms with Crippen LogP contribution < -0.4 is 10.9 Å².